The molecule has 2 aromatic heterocycles. The van der Waals surface area contributed by atoms with Gasteiger partial charge in [-0.05, 0) is 49.6 Å². The van der Waals surface area contributed by atoms with Crippen molar-refractivity contribution in [3.63, 3.8) is 0 Å². The van der Waals surface area contributed by atoms with Crippen LogP contribution in [0, 0.1) is 6.92 Å². The maximum atomic E-state index is 13.1. The third kappa shape index (κ3) is 3.72. The van der Waals surface area contributed by atoms with E-state index in [1.54, 1.807) is 4.57 Å². The lowest BCUT2D eigenvalue weighted by molar-refractivity contribution is 0.468. The SMILES string of the molecule is CC[C@H](C)n1c(SCc2cc(=O)oc3cc(C)ccc23)nc2ccccc2c1=O. The van der Waals surface area contributed by atoms with Crippen LogP contribution in [0.25, 0.3) is 21.9 Å². The molecule has 0 saturated heterocycles. The predicted octanol–water partition coefficient (Wildman–Crippen LogP) is 5.07. The highest BCUT2D eigenvalue weighted by molar-refractivity contribution is 7.98. The quantitative estimate of drug-likeness (QED) is 0.263. The van der Waals surface area contributed by atoms with Crippen molar-refractivity contribution >= 4 is 33.6 Å². The van der Waals surface area contributed by atoms with Crippen molar-refractivity contribution in [2.24, 2.45) is 0 Å². The highest BCUT2D eigenvalue weighted by atomic mass is 32.2. The van der Waals surface area contributed by atoms with E-state index in [0.29, 0.717) is 27.4 Å². The fourth-order valence-electron chi connectivity index (χ4n) is 3.40. The lowest BCUT2D eigenvalue weighted by Crippen LogP contribution is -2.26. The topological polar surface area (TPSA) is 65.1 Å². The Bertz CT molecular complexity index is 1320. The molecule has 0 bridgehead atoms. The summed E-state index contributed by atoms with van der Waals surface area (Å²) in [6.45, 7) is 6.04. The van der Waals surface area contributed by atoms with E-state index in [1.807, 2.05) is 56.3 Å². The van der Waals surface area contributed by atoms with E-state index in [4.69, 9.17) is 9.40 Å². The van der Waals surface area contributed by atoms with Crippen molar-refractivity contribution in [3.05, 3.63) is 80.4 Å². The predicted molar refractivity (Wildman–Crippen MR) is 118 cm³/mol. The van der Waals surface area contributed by atoms with Gasteiger partial charge in [0.1, 0.15) is 5.58 Å². The molecule has 0 N–H and O–H groups in total. The number of hydrogen-bond donors (Lipinski definition) is 0. The maximum Gasteiger partial charge on any atom is 0.336 e. The molecule has 0 amide bonds. The number of benzene rings is 2. The second-order valence-electron chi connectivity index (χ2n) is 7.22. The van der Waals surface area contributed by atoms with Gasteiger partial charge in [-0.1, -0.05) is 43.0 Å². The lowest BCUT2D eigenvalue weighted by Gasteiger charge is -2.18. The van der Waals surface area contributed by atoms with Crippen LogP contribution in [0.2, 0.25) is 0 Å². The van der Waals surface area contributed by atoms with E-state index >= 15 is 0 Å². The van der Waals surface area contributed by atoms with Crippen LogP contribution in [0.3, 0.4) is 0 Å². The first-order valence-corrected chi connectivity index (χ1v) is 10.6. The van der Waals surface area contributed by atoms with E-state index in [1.165, 1.54) is 17.8 Å². The molecule has 0 fully saturated rings. The summed E-state index contributed by atoms with van der Waals surface area (Å²) in [6.07, 6.45) is 0.824. The van der Waals surface area contributed by atoms with E-state index < -0.39 is 0 Å². The van der Waals surface area contributed by atoms with Crippen LogP contribution in [0.4, 0.5) is 0 Å². The third-order valence-electron chi connectivity index (χ3n) is 5.15. The van der Waals surface area contributed by atoms with Gasteiger partial charge in [0.05, 0.1) is 10.9 Å². The van der Waals surface area contributed by atoms with Gasteiger partial charge in [0.25, 0.3) is 5.56 Å². The van der Waals surface area contributed by atoms with Gasteiger partial charge in [-0.25, -0.2) is 9.78 Å². The molecule has 0 aliphatic rings. The van der Waals surface area contributed by atoms with Crippen LogP contribution in [-0.2, 0) is 5.75 Å². The Morgan fingerprint density at radius 2 is 1.90 bits per heavy atom. The average molecular weight is 407 g/mol. The van der Waals surface area contributed by atoms with Crippen molar-refractivity contribution in [1.29, 1.82) is 0 Å². The zero-order valence-electron chi connectivity index (χ0n) is 16.6. The minimum absolute atomic E-state index is 0.0273. The van der Waals surface area contributed by atoms with Gasteiger partial charge in [0, 0.05) is 23.2 Å². The standard InChI is InChI=1S/C23H22N2O3S/c1-4-15(3)25-22(27)18-7-5-6-8-19(18)24-23(25)29-13-16-12-21(26)28-20-11-14(2)9-10-17(16)20/h5-12,15H,4,13H2,1-3H3/t15-/m0/s1. The van der Waals surface area contributed by atoms with Gasteiger partial charge in [-0.2, -0.15) is 0 Å². The molecule has 0 aliphatic carbocycles. The van der Waals surface area contributed by atoms with E-state index in [-0.39, 0.29) is 17.2 Å². The van der Waals surface area contributed by atoms with Gasteiger partial charge in [-0.15, -0.1) is 0 Å². The molecule has 2 heterocycles. The first-order chi connectivity index (χ1) is 14.0. The van der Waals surface area contributed by atoms with Gasteiger partial charge in [0.15, 0.2) is 5.16 Å². The number of rotatable bonds is 5. The first kappa shape index (κ1) is 19.5. The summed E-state index contributed by atoms with van der Waals surface area (Å²) >= 11 is 1.47. The summed E-state index contributed by atoms with van der Waals surface area (Å²) in [6, 6.07) is 14.8. The molecule has 4 aromatic rings. The molecule has 0 unspecified atom stereocenters. The Balaban J connectivity index is 1.80. The molecule has 29 heavy (non-hydrogen) atoms. The zero-order valence-corrected chi connectivity index (χ0v) is 17.5. The molecule has 2 aromatic carbocycles. The molecule has 0 spiro atoms. The van der Waals surface area contributed by atoms with E-state index in [0.717, 1.165) is 22.9 Å². The molecule has 148 valence electrons. The molecular formula is C23H22N2O3S. The summed E-state index contributed by atoms with van der Waals surface area (Å²) in [7, 11) is 0. The average Bonchev–Trinajstić information content (AvgIpc) is 2.71. The van der Waals surface area contributed by atoms with Crippen LogP contribution in [0.5, 0.6) is 0 Å². The van der Waals surface area contributed by atoms with E-state index in [2.05, 4.69) is 6.92 Å². The number of fused-ring (bicyclic) bond motifs is 2. The largest absolute Gasteiger partial charge is 0.423 e. The fourth-order valence-corrected chi connectivity index (χ4v) is 4.49. The Morgan fingerprint density at radius 1 is 1.10 bits per heavy atom. The van der Waals surface area contributed by atoms with Gasteiger partial charge < -0.3 is 4.42 Å². The normalized spacial score (nSPS) is 12.5. The fraction of sp³-hybridized carbons (Fsp3) is 0.261. The van der Waals surface area contributed by atoms with Gasteiger partial charge in [-0.3, -0.25) is 9.36 Å². The van der Waals surface area contributed by atoms with Gasteiger partial charge >= 0.3 is 5.63 Å². The van der Waals surface area contributed by atoms with Gasteiger partial charge in [0.2, 0.25) is 0 Å². The van der Waals surface area contributed by atoms with Crippen LogP contribution in [-0.4, -0.2) is 9.55 Å². The lowest BCUT2D eigenvalue weighted by atomic mass is 10.1. The number of aromatic nitrogens is 2. The van der Waals surface area contributed by atoms with Crippen LogP contribution in [0.15, 0.2) is 67.7 Å². The number of para-hydroxylation sites is 1. The highest BCUT2D eigenvalue weighted by Gasteiger charge is 2.16. The van der Waals surface area contributed by atoms with Crippen molar-refractivity contribution in [2.75, 3.05) is 0 Å². The molecule has 5 nitrogen and oxygen atoms in total. The van der Waals surface area contributed by atoms with Crippen molar-refractivity contribution in [1.82, 2.24) is 9.55 Å². The molecule has 4 rings (SSSR count). The first-order valence-electron chi connectivity index (χ1n) is 9.65. The second kappa shape index (κ2) is 7.87. The summed E-state index contributed by atoms with van der Waals surface area (Å²) in [4.78, 5) is 29.9. The summed E-state index contributed by atoms with van der Waals surface area (Å²) < 4.78 is 7.12. The monoisotopic (exact) mass is 406 g/mol. The number of hydrogen-bond acceptors (Lipinski definition) is 5. The Kier molecular flexibility index (Phi) is 5.28. The van der Waals surface area contributed by atoms with Crippen molar-refractivity contribution in [2.45, 2.75) is 44.1 Å². The Morgan fingerprint density at radius 3 is 2.69 bits per heavy atom. The molecule has 0 aliphatic heterocycles. The van der Waals surface area contributed by atoms with Crippen molar-refractivity contribution < 1.29 is 4.42 Å². The summed E-state index contributed by atoms with van der Waals surface area (Å²) in [5, 5.41) is 2.19. The highest BCUT2D eigenvalue weighted by Crippen LogP contribution is 2.28. The third-order valence-corrected chi connectivity index (χ3v) is 6.15. The smallest absolute Gasteiger partial charge is 0.336 e. The number of thioether (sulfide) groups is 1. The number of nitrogens with zero attached hydrogens (tertiary/aromatic N) is 2. The Hall–Kier alpha value is -2.86. The van der Waals surface area contributed by atoms with Crippen molar-refractivity contribution in [3.8, 4) is 0 Å². The molecule has 1 atom stereocenters. The second-order valence-corrected chi connectivity index (χ2v) is 8.17. The minimum atomic E-state index is -0.371. The molecule has 6 heteroatoms. The number of aryl methyl sites for hydroxylation is 1. The minimum Gasteiger partial charge on any atom is -0.423 e. The molecule has 0 saturated carbocycles. The summed E-state index contributed by atoms with van der Waals surface area (Å²) in [5.41, 5.74) is 2.78. The van der Waals surface area contributed by atoms with E-state index in [9.17, 15) is 9.59 Å². The molecular weight excluding hydrogens is 384 g/mol. The Labute approximate surface area is 172 Å². The van der Waals surface area contributed by atoms with Crippen LogP contribution in [0.1, 0.15) is 37.4 Å². The van der Waals surface area contributed by atoms with Crippen LogP contribution < -0.4 is 11.2 Å². The molecule has 0 radical (unpaired) electrons. The van der Waals surface area contributed by atoms with Crippen LogP contribution >= 0.6 is 11.8 Å². The summed E-state index contributed by atoms with van der Waals surface area (Å²) in [5.74, 6) is 0.520. The zero-order chi connectivity index (χ0) is 20.5. The maximum absolute atomic E-state index is 13.1.